The van der Waals surface area contributed by atoms with Crippen molar-refractivity contribution in [1.82, 2.24) is 19.4 Å². The number of halogens is 1. The molecule has 38 heavy (non-hydrogen) atoms. The van der Waals surface area contributed by atoms with Crippen molar-refractivity contribution < 1.29 is 0 Å². The molecule has 0 spiro atoms. The maximum absolute atomic E-state index is 12.4. The third-order valence-corrected chi connectivity index (χ3v) is 7.02. The van der Waals surface area contributed by atoms with Gasteiger partial charge < -0.3 is 4.90 Å². The molecule has 0 aliphatic carbocycles. The third-order valence-electron chi connectivity index (χ3n) is 6.91. The van der Waals surface area contributed by atoms with Crippen molar-refractivity contribution in [2.45, 2.75) is 74.8 Å². The lowest BCUT2D eigenvalue weighted by molar-refractivity contribution is 0.324. The first-order chi connectivity index (χ1) is 17.9. The molecule has 3 rings (SSSR count). The van der Waals surface area contributed by atoms with E-state index in [1.165, 1.54) is 16.8 Å². The van der Waals surface area contributed by atoms with Crippen molar-refractivity contribution in [3.63, 3.8) is 0 Å². The molecule has 0 amide bonds. The Hall–Kier alpha value is -3.18. The zero-order valence-corrected chi connectivity index (χ0v) is 25.1. The van der Waals surface area contributed by atoms with Gasteiger partial charge in [-0.3, -0.25) is 14.3 Å². The first-order valence-corrected chi connectivity index (χ1v) is 13.7. The van der Waals surface area contributed by atoms with E-state index in [0.29, 0.717) is 5.82 Å². The van der Waals surface area contributed by atoms with E-state index in [1.807, 2.05) is 26.1 Å². The molecule has 0 unspecified atom stereocenters. The summed E-state index contributed by atoms with van der Waals surface area (Å²) in [5.74, 6) is 0.713. The third kappa shape index (κ3) is 6.82. The number of rotatable bonds is 7. The Bertz CT molecular complexity index is 1430. The van der Waals surface area contributed by atoms with E-state index in [1.54, 1.807) is 17.7 Å². The molecule has 0 radical (unpaired) electrons. The lowest BCUT2D eigenvalue weighted by Crippen LogP contribution is -2.31. The summed E-state index contributed by atoms with van der Waals surface area (Å²) in [6.07, 6.45) is 10.3. The first kappa shape index (κ1) is 29.4. The summed E-state index contributed by atoms with van der Waals surface area (Å²) in [7, 11) is 1.79. The summed E-state index contributed by atoms with van der Waals surface area (Å²) in [5, 5.41) is 0.756. The maximum atomic E-state index is 12.4. The first-order valence-electron chi connectivity index (χ1n) is 13.3. The van der Waals surface area contributed by atoms with Crippen LogP contribution in [0.5, 0.6) is 0 Å². The highest BCUT2D eigenvalue weighted by molar-refractivity contribution is 6.29. The molecular weight excluding hydrogens is 492 g/mol. The van der Waals surface area contributed by atoms with Gasteiger partial charge in [-0.2, -0.15) is 0 Å². The van der Waals surface area contributed by atoms with Crippen LogP contribution in [0.2, 0.25) is 0 Å². The molecule has 1 aliphatic heterocycles. The normalized spacial score (nSPS) is 15.6. The summed E-state index contributed by atoms with van der Waals surface area (Å²) in [5.41, 5.74) is 11.0. The van der Waals surface area contributed by atoms with E-state index in [9.17, 15) is 4.79 Å². The fourth-order valence-electron chi connectivity index (χ4n) is 4.93. The zero-order chi connectivity index (χ0) is 28.1. The van der Waals surface area contributed by atoms with Crippen LogP contribution in [0.1, 0.15) is 83.2 Å². The number of allylic oxidation sites excluding steroid dienone is 9. The largest absolute Gasteiger partial charge is 0.367 e. The minimum Gasteiger partial charge on any atom is -0.367 e. The van der Waals surface area contributed by atoms with Crippen LogP contribution in [0.25, 0.3) is 11.1 Å². The van der Waals surface area contributed by atoms with Gasteiger partial charge in [0.25, 0.3) is 5.56 Å². The molecule has 202 valence electrons. The lowest BCUT2D eigenvalue weighted by atomic mass is 9.95. The lowest BCUT2D eigenvalue weighted by Gasteiger charge is -2.33. The van der Waals surface area contributed by atoms with Crippen molar-refractivity contribution in [3.8, 4) is 0 Å². The Morgan fingerprint density at radius 2 is 1.82 bits per heavy atom. The fraction of sp³-hybridized carbons (Fsp3) is 0.406. The minimum absolute atomic E-state index is 0.0408. The number of nitrogens with zero attached hydrogens (tertiary/aromatic N) is 4. The zero-order valence-electron chi connectivity index (χ0n) is 24.4. The van der Waals surface area contributed by atoms with E-state index < -0.39 is 0 Å². The monoisotopic (exact) mass is 532 g/mol. The highest BCUT2D eigenvalue weighted by Crippen LogP contribution is 2.31. The number of hydrogen-bond acceptors (Lipinski definition) is 4. The van der Waals surface area contributed by atoms with Crippen LogP contribution in [0.4, 0.5) is 0 Å². The second-order valence-corrected chi connectivity index (χ2v) is 11.0. The van der Waals surface area contributed by atoms with Gasteiger partial charge in [0.15, 0.2) is 0 Å². The molecule has 0 N–H and O–H groups in total. The molecule has 0 atom stereocenters. The average Bonchev–Trinajstić information content (AvgIpc) is 2.85. The van der Waals surface area contributed by atoms with E-state index in [2.05, 4.69) is 64.7 Å². The molecule has 0 saturated heterocycles. The predicted octanol–water partition coefficient (Wildman–Crippen LogP) is 7.51. The average molecular weight is 533 g/mol. The minimum atomic E-state index is -0.0408. The SMILES string of the molecule is CC/C=C(/C(C)=C(/C)c1nc(C)cc(=O)n1C)N1CCc2ncc(/C(C=C(C)C)=C(C)/C=C(\C)Cl)cc2C1. The molecule has 6 heteroatoms. The summed E-state index contributed by atoms with van der Waals surface area (Å²) in [6.45, 7) is 18.1. The van der Waals surface area contributed by atoms with Crippen LogP contribution in [0.3, 0.4) is 0 Å². The van der Waals surface area contributed by atoms with Crippen molar-refractivity contribution >= 4 is 22.7 Å². The Morgan fingerprint density at radius 3 is 2.45 bits per heavy atom. The topological polar surface area (TPSA) is 51.0 Å². The summed E-state index contributed by atoms with van der Waals surface area (Å²) >= 11 is 6.22. The predicted molar refractivity (Wildman–Crippen MR) is 161 cm³/mol. The number of pyridine rings is 1. The van der Waals surface area contributed by atoms with Crippen molar-refractivity contribution in [2.24, 2.45) is 7.05 Å². The Balaban J connectivity index is 2.05. The van der Waals surface area contributed by atoms with Crippen LogP contribution in [-0.2, 0) is 20.0 Å². The van der Waals surface area contributed by atoms with Gasteiger partial charge in [0.2, 0.25) is 0 Å². The number of hydrogen-bond donors (Lipinski definition) is 0. The smallest absolute Gasteiger partial charge is 0.253 e. The molecule has 0 fully saturated rings. The van der Waals surface area contributed by atoms with Gasteiger partial charge in [-0.15, -0.1) is 0 Å². The van der Waals surface area contributed by atoms with E-state index in [-0.39, 0.29) is 5.56 Å². The Morgan fingerprint density at radius 1 is 1.11 bits per heavy atom. The van der Waals surface area contributed by atoms with Crippen LogP contribution in [0, 0.1) is 6.92 Å². The van der Waals surface area contributed by atoms with Gasteiger partial charge in [0.05, 0.1) is 0 Å². The summed E-state index contributed by atoms with van der Waals surface area (Å²) in [6, 6.07) is 3.86. The summed E-state index contributed by atoms with van der Waals surface area (Å²) in [4.78, 5) is 24.4. The van der Waals surface area contributed by atoms with Crippen LogP contribution < -0.4 is 5.56 Å². The van der Waals surface area contributed by atoms with Gasteiger partial charge in [0, 0.05) is 66.5 Å². The molecule has 0 saturated carbocycles. The van der Waals surface area contributed by atoms with Crippen LogP contribution in [0.15, 0.2) is 68.8 Å². The second kappa shape index (κ2) is 12.6. The van der Waals surface area contributed by atoms with E-state index in [0.717, 1.165) is 70.2 Å². The fourth-order valence-corrected chi connectivity index (χ4v) is 5.09. The summed E-state index contributed by atoms with van der Waals surface area (Å²) < 4.78 is 1.63. The van der Waals surface area contributed by atoms with Crippen molar-refractivity contribution in [3.05, 3.63) is 103 Å². The Labute approximate surface area is 233 Å². The van der Waals surface area contributed by atoms with Gasteiger partial charge in [0.1, 0.15) is 5.82 Å². The van der Waals surface area contributed by atoms with Gasteiger partial charge in [-0.1, -0.05) is 36.2 Å². The molecular formula is C32H41ClN4O. The molecule has 0 aromatic carbocycles. The number of aryl methyl sites for hydroxylation is 1. The van der Waals surface area contributed by atoms with E-state index >= 15 is 0 Å². The van der Waals surface area contributed by atoms with Gasteiger partial charge in [-0.25, -0.2) is 4.98 Å². The Kier molecular flexibility index (Phi) is 9.72. The van der Waals surface area contributed by atoms with Crippen LogP contribution >= 0.6 is 11.6 Å². The molecule has 2 aromatic heterocycles. The van der Waals surface area contributed by atoms with Crippen LogP contribution in [-0.4, -0.2) is 26.0 Å². The highest BCUT2D eigenvalue weighted by atomic mass is 35.5. The molecule has 5 nitrogen and oxygen atoms in total. The quantitative estimate of drug-likeness (QED) is 0.346. The highest BCUT2D eigenvalue weighted by Gasteiger charge is 2.22. The van der Waals surface area contributed by atoms with Gasteiger partial charge in [-0.05, 0) is 94.9 Å². The molecule has 0 bridgehead atoms. The van der Waals surface area contributed by atoms with Crippen molar-refractivity contribution in [2.75, 3.05) is 6.54 Å². The number of aromatic nitrogens is 3. The van der Waals surface area contributed by atoms with Gasteiger partial charge >= 0.3 is 0 Å². The second-order valence-electron chi connectivity index (χ2n) is 10.4. The standard InChI is InChI=1S/C32H41ClN4O/c1-10-11-30(24(7)25(8)32-35-23(6)16-31(38)36(32)9)37-13-12-29-27(19-37)17-26(18-34-29)28(14-20(2)3)21(4)15-22(5)33/h11,14-18H,10,12-13,19H2,1-9H3/b22-15+,25-24-,28-21+,30-11-. The van der Waals surface area contributed by atoms with E-state index in [4.69, 9.17) is 21.6 Å². The molecule has 1 aliphatic rings. The number of fused-ring (bicyclic) bond motifs is 1. The molecule has 2 aromatic rings. The van der Waals surface area contributed by atoms with Crippen molar-refractivity contribution in [1.29, 1.82) is 0 Å². The maximum Gasteiger partial charge on any atom is 0.253 e. The molecule has 3 heterocycles.